The molecule has 36 heavy (non-hydrogen) atoms. The van der Waals surface area contributed by atoms with Crippen molar-refractivity contribution in [2.24, 2.45) is 5.92 Å². The lowest BCUT2D eigenvalue weighted by Crippen LogP contribution is -2.51. The quantitative estimate of drug-likeness (QED) is 0.452. The van der Waals surface area contributed by atoms with Crippen LogP contribution in [0.4, 0.5) is 20.2 Å². The van der Waals surface area contributed by atoms with Gasteiger partial charge in [-0.15, -0.1) is 11.3 Å². The van der Waals surface area contributed by atoms with Crippen molar-refractivity contribution in [1.82, 2.24) is 10.6 Å². The van der Waals surface area contributed by atoms with Crippen LogP contribution in [-0.4, -0.2) is 56.0 Å². The van der Waals surface area contributed by atoms with E-state index in [4.69, 9.17) is 16.3 Å². The summed E-state index contributed by atoms with van der Waals surface area (Å²) in [4.78, 5) is 51.5. The molecule has 0 unspecified atom stereocenters. The first kappa shape index (κ1) is 26.0. The molecule has 1 aromatic heterocycles. The van der Waals surface area contributed by atoms with Crippen LogP contribution in [0, 0.1) is 5.92 Å². The number of benzene rings is 1. The highest BCUT2D eigenvalue weighted by Gasteiger charge is 2.33. The normalized spacial score (nSPS) is 16.6. The molecule has 0 spiro atoms. The number of anilines is 2. The van der Waals surface area contributed by atoms with Crippen LogP contribution >= 0.6 is 22.9 Å². The second-order valence-corrected chi connectivity index (χ2v) is 10.0. The van der Waals surface area contributed by atoms with Crippen LogP contribution in [0.1, 0.15) is 34.5 Å². The molecular formula is C23H23ClF2N4O5S. The number of halogens is 3. The van der Waals surface area contributed by atoms with Crippen molar-refractivity contribution in [3.63, 3.8) is 0 Å². The summed E-state index contributed by atoms with van der Waals surface area (Å²) in [5.41, 5.74) is -0.386. The molecule has 13 heteroatoms. The first-order valence-corrected chi connectivity index (χ1v) is 12.4. The monoisotopic (exact) mass is 540 g/mol. The third kappa shape index (κ3) is 6.37. The first-order valence-electron chi connectivity index (χ1n) is 11.2. The zero-order valence-electron chi connectivity index (χ0n) is 18.9. The van der Waals surface area contributed by atoms with E-state index in [1.807, 2.05) is 0 Å². The van der Waals surface area contributed by atoms with E-state index in [2.05, 4.69) is 16.0 Å². The zero-order valence-corrected chi connectivity index (χ0v) is 20.5. The van der Waals surface area contributed by atoms with Crippen LogP contribution in [0.15, 0.2) is 30.3 Å². The summed E-state index contributed by atoms with van der Waals surface area (Å²) in [6.07, 6.45) is -1.56. The van der Waals surface area contributed by atoms with Gasteiger partial charge in [0.25, 0.3) is 18.2 Å². The molecule has 1 aliphatic carbocycles. The Balaban J connectivity index is 1.49. The fraction of sp³-hybridized carbons (Fsp3) is 0.391. The van der Waals surface area contributed by atoms with Crippen LogP contribution in [0.2, 0.25) is 4.34 Å². The Labute approximate surface area is 214 Å². The van der Waals surface area contributed by atoms with Gasteiger partial charge in [0, 0.05) is 35.9 Å². The molecule has 1 saturated carbocycles. The minimum absolute atomic E-state index is 0.145. The fourth-order valence-electron chi connectivity index (χ4n) is 3.59. The van der Waals surface area contributed by atoms with Gasteiger partial charge < -0.3 is 25.6 Å². The van der Waals surface area contributed by atoms with Gasteiger partial charge in [0.1, 0.15) is 12.6 Å². The van der Waals surface area contributed by atoms with Crippen molar-refractivity contribution in [3.05, 3.63) is 45.1 Å². The molecule has 192 valence electrons. The predicted molar refractivity (Wildman–Crippen MR) is 130 cm³/mol. The fourth-order valence-corrected chi connectivity index (χ4v) is 4.55. The third-order valence-electron chi connectivity index (χ3n) is 5.67. The van der Waals surface area contributed by atoms with Gasteiger partial charge in [-0.2, -0.15) is 0 Å². The van der Waals surface area contributed by atoms with Gasteiger partial charge in [0.05, 0.1) is 15.8 Å². The summed E-state index contributed by atoms with van der Waals surface area (Å²) >= 11 is 6.91. The SMILES string of the molecule is O=C(NC[C@H](NC(=O)C1CC1)C(=O)Nc1ccc(N2CCOCC2=O)cc1C(F)F)c1ccc(Cl)s1. The molecule has 1 saturated heterocycles. The molecule has 4 amide bonds. The number of carbonyl (C=O) groups excluding carboxylic acids is 4. The molecule has 1 atom stereocenters. The van der Waals surface area contributed by atoms with Crippen molar-refractivity contribution in [1.29, 1.82) is 0 Å². The van der Waals surface area contributed by atoms with Crippen LogP contribution in [-0.2, 0) is 19.1 Å². The molecule has 0 bridgehead atoms. The van der Waals surface area contributed by atoms with E-state index in [1.54, 1.807) is 6.07 Å². The number of morpholine rings is 1. The molecule has 1 aliphatic heterocycles. The smallest absolute Gasteiger partial charge is 0.265 e. The summed E-state index contributed by atoms with van der Waals surface area (Å²) in [6.45, 7) is 0.0922. The molecule has 2 aromatic rings. The van der Waals surface area contributed by atoms with Crippen molar-refractivity contribution in [2.75, 3.05) is 36.5 Å². The number of nitrogens with zero attached hydrogens (tertiary/aromatic N) is 1. The number of hydrogen-bond donors (Lipinski definition) is 3. The predicted octanol–water partition coefficient (Wildman–Crippen LogP) is 2.97. The van der Waals surface area contributed by atoms with Crippen LogP contribution < -0.4 is 20.9 Å². The molecule has 4 rings (SSSR count). The Hall–Kier alpha value is -3.09. The van der Waals surface area contributed by atoms with Gasteiger partial charge in [0.15, 0.2) is 0 Å². The van der Waals surface area contributed by atoms with E-state index in [1.165, 1.54) is 23.1 Å². The molecule has 2 fully saturated rings. The largest absolute Gasteiger partial charge is 0.370 e. The number of alkyl halides is 2. The number of ether oxygens (including phenoxy) is 1. The number of nitrogens with one attached hydrogen (secondary N) is 3. The summed E-state index contributed by atoms with van der Waals surface area (Å²) in [5.74, 6) is -2.18. The van der Waals surface area contributed by atoms with Crippen LogP contribution in [0.5, 0.6) is 0 Å². The van der Waals surface area contributed by atoms with E-state index in [-0.39, 0.29) is 55.4 Å². The Morgan fingerprint density at radius 1 is 1.19 bits per heavy atom. The maximum Gasteiger partial charge on any atom is 0.265 e. The Morgan fingerprint density at radius 2 is 1.97 bits per heavy atom. The van der Waals surface area contributed by atoms with E-state index in [9.17, 15) is 28.0 Å². The van der Waals surface area contributed by atoms with Gasteiger partial charge >= 0.3 is 0 Å². The second kappa shape index (κ2) is 11.3. The standard InChI is InChI=1S/C23H23ClF2N4O5S/c24-18-6-5-17(36-18)23(34)27-10-16(29-21(32)12-1-2-12)22(33)28-15-4-3-13(9-14(15)20(25)26)30-7-8-35-11-19(30)31/h3-6,9,12,16,20H,1-2,7-8,10-11H2,(H,27,34)(H,28,33)(H,29,32)/t16-/m0/s1. The molecule has 0 radical (unpaired) electrons. The zero-order chi connectivity index (χ0) is 25.8. The van der Waals surface area contributed by atoms with E-state index >= 15 is 0 Å². The lowest BCUT2D eigenvalue weighted by atomic mass is 10.1. The Bertz CT molecular complexity index is 1170. The average Bonchev–Trinajstić information content (AvgIpc) is 3.62. The maximum atomic E-state index is 13.9. The summed E-state index contributed by atoms with van der Waals surface area (Å²) in [5, 5.41) is 7.59. The van der Waals surface area contributed by atoms with E-state index in [0.717, 1.165) is 17.4 Å². The molecular weight excluding hydrogens is 518 g/mol. The summed E-state index contributed by atoms with van der Waals surface area (Å²) in [7, 11) is 0. The number of carbonyl (C=O) groups is 4. The summed E-state index contributed by atoms with van der Waals surface area (Å²) < 4.78 is 33.2. The van der Waals surface area contributed by atoms with Gasteiger partial charge in [-0.3, -0.25) is 19.2 Å². The number of rotatable bonds is 9. The molecule has 1 aromatic carbocycles. The van der Waals surface area contributed by atoms with Crippen molar-refractivity contribution in [3.8, 4) is 0 Å². The lowest BCUT2D eigenvalue weighted by Gasteiger charge is -2.28. The van der Waals surface area contributed by atoms with Gasteiger partial charge in [-0.25, -0.2) is 8.78 Å². The first-order chi connectivity index (χ1) is 17.2. The minimum Gasteiger partial charge on any atom is -0.370 e. The highest BCUT2D eigenvalue weighted by Crippen LogP contribution is 2.32. The summed E-state index contributed by atoms with van der Waals surface area (Å²) in [6, 6.07) is 5.75. The van der Waals surface area contributed by atoms with E-state index in [0.29, 0.717) is 22.1 Å². The number of thiophene rings is 1. The topological polar surface area (TPSA) is 117 Å². The van der Waals surface area contributed by atoms with Gasteiger partial charge in [-0.05, 0) is 43.2 Å². The molecule has 9 nitrogen and oxygen atoms in total. The van der Waals surface area contributed by atoms with Gasteiger partial charge in [0.2, 0.25) is 11.8 Å². The second-order valence-electron chi connectivity index (χ2n) is 8.31. The Morgan fingerprint density at radius 3 is 2.61 bits per heavy atom. The number of amides is 4. The third-order valence-corrected chi connectivity index (χ3v) is 6.90. The molecule has 3 N–H and O–H groups in total. The highest BCUT2D eigenvalue weighted by molar-refractivity contribution is 7.18. The van der Waals surface area contributed by atoms with Crippen molar-refractivity contribution < 1.29 is 32.7 Å². The van der Waals surface area contributed by atoms with E-state index < -0.39 is 29.8 Å². The van der Waals surface area contributed by atoms with Crippen molar-refractivity contribution >= 4 is 57.9 Å². The lowest BCUT2D eigenvalue weighted by molar-refractivity contribution is -0.127. The molecule has 2 heterocycles. The maximum absolute atomic E-state index is 13.9. The van der Waals surface area contributed by atoms with Crippen LogP contribution in [0.3, 0.4) is 0 Å². The Kier molecular flexibility index (Phi) is 8.17. The van der Waals surface area contributed by atoms with Crippen molar-refractivity contribution in [2.45, 2.75) is 25.3 Å². The average molecular weight is 541 g/mol. The molecule has 2 aliphatic rings. The minimum atomic E-state index is -2.95. The number of hydrogen-bond acceptors (Lipinski definition) is 6. The van der Waals surface area contributed by atoms with Crippen LogP contribution in [0.25, 0.3) is 0 Å². The highest BCUT2D eigenvalue weighted by atomic mass is 35.5. The van der Waals surface area contributed by atoms with Gasteiger partial charge in [-0.1, -0.05) is 11.6 Å².